The molecule has 0 radical (unpaired) electrons. The molecular weight excluding hydrogens is 176 g/mol. The first-order valence-electron chi connectivity index (χ1n) is 4.36. The minimum atomic E-state index is -0.864. The Balaban J connectivity index is 4.93. The van der Waals surface area contributed by atoms with Crippen molar-refractivity contribution in [3.8, 4) is 0 Å². The summed E-state index contributed by atoms with van der Waals surface area (Å²) in [5, 5.41) is 8.95. The second-order valence-electron chi connectivity index (χ2n) is 3.11. The predicted molar refractivity (Wildman–Crippen MR) is 59.0 cm³/mol. The quantitative estimate of drug-likeness (QED) is 0.519. The third-order valence-electron chi connectivity index (χ3n) is 1.75. The molecule has 0 heterocycles. The fourth-order valence-electron chi connectivity index (χ4n) is 1.13. The fourth-order valence-corrected chi connectivity index (χ4v) is 1.13. The highest BCUT2D eigenvalue weighted by Crippen LogP contribution is 2.18. The molecule has 2 nitrogen and oxygen atoms in total. The van der Waals surface area contributed by atoms with Gasteiger partial charge < -0.3 is 5.11 Å². The molecule has 0 aliphatic carbocycles. The predicted octanol–water partition coefficient (Wildman–Crippen LogP) is 2.95. The molecule has 0 aliphatic heterocycles. The number of hydrogen-bond donors (Lipinski definition) is 1. The smallest absolute Gasteiger partial charge is 0.311 e. The molecule has 0 saturated carbocycles. The number of hydrogen-bond acceptors (Lipinski definition) is 1. The summed E-state index contributed by atoms with van der Waals surface area (Å²) in [6, 6.07) is 0. The minimum Gasteiger partial charge on any atom is -0.481 e. The van der Waals surface area contributed by atoms with Gasteiger partial charge in [0.15, 0.2) is 0 Å². The minimum absolute atomic E-state index is 0.403. The first-order chi connectivity index (χ1) is 6.52. The summed E-state index contributed by atoms with van der Waals surface area (Å²) in [6.07, 6.45) is 5.28. The Hall–Kier alpha value is -1.57. The van der Waals surface area contributed by atoms with Gasteiger partial charge in [0.25, 0.3) is 0 Å². The molecule has 0 fully saturated rings. The Morgan fingerprint density at radius 3 is 2.36 bits per heavy atom. The molecule has 0 aromatic heterocycles. The number of aliphatic carboxylic acids is 1. The van der Waals surface area contributed by atoms with Crippen molar-refractivity contribution in [2.75, 3.05) is 0 Å². The summed E-state index contributed by atoms with van der Waals surface area (Å²) in [6.45, 7) is 12.6. The Labute approximate surface area is 85.0 Å². The Bertz CT molecular complexity index is 285. The van der Waals surface area contributed by atoms with Crippen LogP contribution < -0.4 is 0 Å². The van der Waals surface area contributed by atoms with Crippen LogP contribution in [0.4, 0.5) is 0 Å². The molecule has 1 atom stereocenters. The lowest BCUT2D eigenvalue weighted by molar-refractivity contribution is -0.140. The van der Waals surface area contributed by atoms with Crippen LogP contribution in [0.3, 0.4) is 0 Å². The molecule has 0 aromatic carbocycles. The molecule has 0 saturated heterocycles. The number of carbonyl (C=O) groups is 1. The SMILES string of the molecule is C=CCC(C(=O)O)C(C=C)=CC(=C)C. The van der Waals surface area contributed by atoms with Crippen LogP contribution in [0, 0.1) is 5.92 Å². The van der Waals surface area contributed by atoms with Gasteiger partial charge in [-0.2, -0.15) is 0 Å². The van der Waals surface area contributed by atoms with E-state index in [1.807, 2.05) is 6.92 Å². The Morgan fingerprint density at radius 2 is 2.07 bits per heavy atom. The van der Waals surface area contributed by atoms with Crippen LogP contribution in [0.2, 0.25) is 0 Å². The van der Waals surface area contributed by atoms with Gasteiger partial charge in [0.1, 0.15) is 0 Å². The van der Waals surface area contributed by atoms with E-state index < -0.39 is 11.9 Å². The highest BCUT2D eigenvalue weighted by Gasteiger charge is 2.18. The lowest BCUT2D eigenvalue weighted by Crippen LogP contribution is -2.14. The van der Waals surface area contributed by atoms with Crippen molar-refractivity contribution in [1.29, 1.82) is 0 Å². The largest absolute Gasteiger partial charge is 0.481 e. The zero-order valence-corrected chi connectivity index (χ0v) is 8.49. The molecule has 1 N–H and O–H groups in total. The van der Waals surface area contributed by atoms with Crippen LogP contribution in [0.1, 0.15) is 13.3 Å². The van der Waals surface area contributed by atoms with Gasteiger partial charge in [-0.3, -0.25) is 4.79 Å². The number of rotatable bonds is 6. The van der Waals surface area contributed by atoms with E-state index in [-0.39, 0.29) is 0 Å². The van der Waals surface area contributed by atoms with E-state index in [1.54, 1.807) is 18.2 Å². The van der Waals surface area contributed by atoms with Crippen LogP contribution in [-0.4, -0.2) is 11.1 Å². The Kier molecular flexibility index (Phi) is 5.30. The summed E-state index contributed by atoms with van der Waals surface area (Å²) < 4.78 is 0. The highest BCUT2D eigenvalue weighted by molar-refractivity contribution is 5.75. The van der Waals surface area contributed by atoms with Crippen molar-refractivity contribution < 1.29 is 9.90 Å². The van der Waals surface area contributed by atoms with E-state index in [0.717, 1.165) is 5.57 Å². The zero-order valence-electron chi connectivity index (χ0n) is 8.49. The van der Waals surface area contributed by atoms with Gasteiger partial charge in [-0.25, -0.2) is 0 Å². The van der Waals surface area contributed by atoms with Crippen molar-refractivity contribution in [3.05, 3.63) is 49.1 Å². The molecule has 2 heteroatoms. The maximum absolute atomic E-state index is 10.9. The molecule has 0 spiro atoms. The Morgan fingerprint density at radius 1 is 1.50 bits per heavy atom. The first-order valence-corrected chi connectivity index (χ1v) is 4.36. The maximum atomic E-state index is 10.9. The molecule has 14 heavy (non-hydrogen) atoms. The van der Waals surface area contributed by atoms with Gasteiger partial charge in [-0.05, 0) is 18.9 Å². The fraction of sp³-hybridized carbons (Fsp3) is 0.250. The van der Waals surface area contributed by atoms with E-state index >= 15 is 0 Å². The summed E-state index contributed by atoms with van der Waals surface area (Å²) in [7, 11) is 0. The molecule has 0 bridgehead atoms. The van der Waals surface area contributed by atoms with Crippen LogP contribution in [0.15, 0.2) is 49.1 Å². The third kappa shape index (κ3) is 3.90. The normalized spacial score (nSPS) is 13.1. The molecule has 0 aliphatic rings. The van der Waals surface area contributed by atoms with Gasteiger partial charge in [-0.1, -0.05) is 37.0 Å². The molecule has 1 unspecified atom stereocenters. The number of carboxylic acids is 1. The van der Waals surface area contributed by atoms with Gasteiger partial charge in [0.2, 0.25) is 0 Å². The standard InChI is InChI=1S/C12H16O2/c1-5-7-11(12(13)14)10(6-2)8-9(3)4/h5-6,8,11H,1-3,7H2,4H3,(H,13,14). The molecular formula is C12H16O2. The zero-order chi connectivity index (χ0) is 11.1. The van der Waals surface area contributed by atoms with Crippen molar-refractivity contribution in [3.63, 3.8) is 0 Å². The monoisotopic (exact) mass is 192 g/mol. The lowest BCUT2D eigenvalue weighted by atomic mass is 9.94. The summed E-state index contributed by atoms with van der Waals surface area (Å²) in [4.78, 5) is 10.9. The second kappa shape index (κ2) is 5.97. The first kappa shape index (κ1) is 12.4. The van der Waals surface area contributed by atoms with Crippen molar-refractivity contribution in [2.24, 2.45) is 5.92 Å². The summed E-state index contributed by atoms with van der Waals surface area (Å²) >= 11 is 0. The number of allylic oxidation sites excluding steroid dienone is 4. The average Bonchev–Trinajstić information content (AvgIpc) is 2.10. The van der Waals surface area contributed by atoms with Gasteiger partial charge in [0, 0.05) is 0 Å². The van der Waals surface area contributed by atoms with Crippen LogP contribution in [0.25, 0.3) is 0 Å². The molecule has 0 aromatic rings. The summed E-state index contributed by atoms with van der Waals surface area (Å²) in [5.74, 6) is -1.43. The lowest BCUT2D eigenvalue weighted by Gasteiger charge is -2.11. The van der Waals surface area contributed by atoms with E-state index in [4.69, 9.17) is 5.11 Å². The molecule has 0 amide bonds. The van der Waals surface area contributed by atoms with Crippen molar-refractivity contribution >= 4 is 5.97 Å². The van der Waals surface area contributed by atoms with Crippen molar-refractivity contribution in [1.82, 2.24) is 0 Å². The van der Waals surface area contributed by atoms with Crippen LogP contribution in [-0.2, 0) is 4.79 Å². The van der Waals surface area contributed by atoms with Crippen molar-refractivity contribution in [2.45, 2.75) is 13.3 Å². The molecule has 0 rings (SSSR count). The summed E-state index contributed by atoms with van der Waals surface area (Å²) in [5.41, 5.74) is 1.49. The highest BCUT2D eigenvalue weighted by atomic mass is 16.4. The van der Waals surface area contributed by atoms with Crippen LogP contribution in [0.5, 0.6) is 0 Å². The average molecular weight is 192 g/mol. The van der Waals surface area contributed by atoms with E-state index in [1.165, 1.54) is 0 Å². The van der Waals surface area contributed by atoms with Crippen LogP contribution >= 0.6 is 0 Å². The third-order valence-corrected chi connectivity index (χ3v) is 1.75. The van der Waals surface area contributed by atoms with E-state index in [2.05, 4.69) is 19.7 Å². The van der Waals surface area contributed by atoms with E-state index in [0.29, 0.717) is 12.0 Å². The molecule has 76 valence electrons. The van der Waals surface area contributed by atoms with Gasteiger partial charge in [-0.15, -0.1) is 6.58 Å². The maximum Gasteiger partial charge on any atom is 0.311 e. The van der Waals surface area contributed by atoms with Gasteiger partial charge in [0.05, 0.1) is 5.92 Å². The van der Waals surface area contributed by atoms with E-state index in [9.17, 15) is 4.79 Å². The second-order valence-corrected chi connectivity index (χ2v) is 3.11. The number of carboxylic acid groups (broad SMARTS) is 1. The topological polar surface area (TPSA) is 37.3 Å². The van der Waals surface area contributed by atoms with Gasteiger partial charge >= 0.3 is 5.97 Å².